The third-order valence-electron chi connectivity index (χ3n) is 3.11. The Hall–Kier alpha value is -3.28. The van der Waals surface area contributed by atoms with Crippen LogP contribution in [0.3, 0.4) is 0 Å². The first-order valence-electron chi connectivity index (χ1n) is 7.10. The molecule has 0 spiro atoms. The maximum atomic E-state index is 11.7. The minimum absolute atomic E-state index is 0.346. The Labute approximate surface area is 139 Å². The molecule has 1 amide bonds. The smallest absolute Gasteiger partial charge is 0.362 e. The maximum absolute atomic E-state index is 11.7. The Morgan fingerprint density at radius 3 is 2.42 bits per heavy atom. The van der Waals surface area contributed by atoms with Crippen molar-refractivity contribution < 1.29 is 23.9 Å². The molecule has 0 aliphatic carbocycles. The number of methoxy groups -OCH3 is 2. The molecule has 0 aliphatic rings. The molecule has 124 valence electrons. The highest BCUT2D eigenvalue weighted by molar-refractivity contribution is 5.94. The fourth-order valence-corrected chi connectivity index (χ4v) is 1.89. The van der Waals surface area contributed by atoms with Crippen LogP contribution in [0.25, 0.3) is 6.08 Å². The van der Waals surface area contributed by atoms with Gasteiger partial charge < -0.3 is 14.3 Å². The van der Waals surface area contributed by atoms with Crippen LogP contribution in [0.5, 0.6) is 11.5 Å². The van der Waals surface area contributed by atoms with Gasteiger partial charge in [-0.3, -0.25) is 4.79 Å². The molecule has 0 heterocycles. The summed E-state index contributed by atoms with van der Waals surface area (Å²) in [6.45, 7) is 0. The molecule has 0 saturated heterocycles. The molecule has 2 rings (SSSR count). The lowest BCUT2D eigenvalue weighted by molar-refractivity contribution is -0.124. The molecule has 6 nitrogen and oxygen atoms in total. The SMILES string of the molecule is COc1ccc(C=CC(=O)NOC(=O)c2ccccc2)c(OC)c1. The maximum Gasteiger partial charge on any atom is 0.362 e. The van der Waals surface area contributed by atoms with Crippen molar-refractivity contribution in [2.24, 2.45) is 0 Å². The van der Waals surface area contributed by atoms with E-state index >= 15 is 0 Å². The fraction of sp³-hybridized carbons (Fsp3) is 0.111. The van der Waals surface area contributed by atoms with Crippen molar-refractivity contribution in [3.05, 3.63) is 65.7 Å². The van der Waals surface area contributed by atoms with Gasteiger partial charge in [0.2, 0.25) is 0 Å². The van der Waals surface area contributed by atoms with E-state index in [0.29, 0.717) is 22.6 Å². The highest BCUT2D eigenvalue weighted by Gasteiger charge is 2.08. The summed E-state index contributed by atoms with van der Waals surface area (Å²) in [5.74, 6) is -0.0125. The summed E-state index contributed by atoms with van der Waals surface area (Å²) in [7, 11) is 3.08. The number of rotatable bonds is 5. The van der Waals surface area contributed by atoms with Gasteiger partial charge in [-0.2, -0.15) is 5.48 Å². The number of nitrogens with one attached hydrogen (secondary N) is 1. The lowest BCUT2D eigenvalue weighted by atomic mass is 10.1. The van der Waals surface area contributed by atoms with Gasteiger partial charge in [0.15, 0.2) is 0 Å². The third-order valence-corrected chi connectivity index (χ3v) is 3.11. The third kappa shape index (κ3) is 4.61. The average molecular weight is 327 g/mol. The van der Waals surface area contributed by atoms with Gasteiger partial charge in [-0.15, -0.1) is 0 Å². The van der Waals surface area contributed by atoms with Crippen molar-refractivity contribution in [1.82, 2.24) is 5.48 Å². The van der Waals surface area contributed by atoms with Crippen LogP contribution in [0, 0.1) is 0 Å². The van der Waals surface area contributed by atoms with E-state index in [9.17, 15) is 9.59 Å². The standard InChI is InChI=1S/C18H17NO5/c1-22-15-10-8-13(16(12-15)23-2)9-11-17(20)19-24-18(21)14-6-4-3-5-7-14/h3-12H,1-2H3,(H,19,20). The summed E-state index contributed by atoms with van der Waals surface area (Å²) in [5.41, 5.74) is 3.10. The number of carbonyl (C=O) groups is 2. The van der Waals surface area contributed by atoms with E-state index in [2.05, 4.69) is 5.48 Å². The summed E-state index contributed by atoms with van der Waals surface area (Å²) >= 11 is 0. The van der Waals surface area contributed by atoms with Gasteiger partial charge in [0.05, 0.1) is 19.8 Å². The molecule has 0 unspecified atom stereocenters. The van der Waals surface area contributed by atoms with E-state index in [1.54, 1.807) is 61.7 Å². The Morgan fingerprint density at radius 2 is 1.75 bits per heavy atom. The molecule has 0 saturated carbocycles. The van der Waals surface area contributed by atoms with E-state index in [0.717, 1.165) is 0 Å². The first-order chi connectivity index (χ1) is 11.6. The zero-order valence-electron chi connectivity index (χ0n) is 13.3. The van der Waals surface area contributed by atoms with Gasteiger partial charge >= 0.3 is 5.97 Å². The number of hydroxylamine groups is 1. The highest BCUT2D eigenvalue weighted by Crippen LogP contribution is 2.25. The zero-order valence-corrected chi connectivity index (χ0v) is 13.3. The van der Waals surface area contributed by atoms with Crippen LogP contribution >= 0.6 is 0 Å². The summed E-state index contributed by atoms with van der Waals surface area (Å²) < 4.78 is 10.3. The van der Waals surface area contributed by atoms with Crippen molar-refractivity contribution in [3.63, 3.8) is 0 Å². The second-order valence-electron chi connectivity index (χ2n) is 4.66. The lowest BCUT2D eigenvalue weighted by Gasteiger charge is -2.07. The molecule has 0 atom stereocenters. The van der Waals surface area contributed by atoms with Crippen molar-refractivity contribution in [2.45, 2.75) is 0 Å². The molecule has 0 aromatic heterocycles. The number of hydrogen-bond acceptors (Lipinski definition) is 5. The average Bonchev–Trinajstić information content (AvgIpc) is 2.64. The van der Waals surface area contributed by atoms with Crippen molar-refractivity contribution in [2.75, 3.05) is 14.2 Å². The van der Waals surface area contributed by atoms with Crippen LogP contribution in [-0.4, -0.2) is 26.1 Å². The van der Waals surface area contributed by atoms with Gasteiger partial charge in [-0.05, 0) is 30.3 Å². The van der Waals surface area contributed by atoms with Gasteiger partial charge in [-0.1, -0.05) is 18.2 Å². The number of hydrogen-bond donors (Lipinski definition) is 1. The van der Waals surface area contributed by atoms with Crippen LogP contribution in [0.1, 0.15) is 15.9 Å². The monoisotopic (exact) mass is 327 g/mol. The molecule has 1 N–H and O–H groups in total. The van der Waals surface area contributed by atoms with Crippen molar-refractivity contribution >= 4 is 18.0 Å². The second kappa shape index (κ2) is 8.38. The topological polar surface area (TPSA) is 73.9 Å². The largest absolute Gasteiger partial charge is 0.497 e. The summed E-state index contributed by atoms with van der Waals surface area (Å²) in [5, 5.41) is 0. The molecule has 2 aromatic rings. The molecular formula is C18H17NO5. The fourth-order valence-electron chi connectivity index (χ4n) is 1.89. The van der Waals surface area contributed by atoms with Crippen LogP contribution in [0.2, 0.25) is 0 Å². The van der Waals surface area contributed by atoms with Gasteiger partial charge in [0.25, 0.3) is 5.91 Å². The molecule has 0 radical (unpaired) electrons. The van der Waals surface area contributed by atoms with Gasteiger partial charge in [0, 0.05) is 17.7 Å². The lowest BCUT2D eigenvalue weighted by Crippen LogP contribution is -2.25. The minimum atomic E-state index is -0.639. The Bertz CT molecular complexity index is 740. The molecule has 0 aliphatic heterocycles. The Balaban J connectivity index is 1.95. The van der Waals surface area contributed by atoms with E-state index in [4.69, 9.17) is 14.3 Å². The van der Waals surface area contributed by atoms with Crippen LogP contribution in [0.15, 0.2) is 54.6 Å². The summed E-state index contributed by atoms with van der Waals surface area (Å²) in [6, 6.07) is 13.6. The first-order valence-corrected chi connectivity index (χ1v) is 7.10. The quantitative estimate of drug-likeness (QED) is 0.675. The van der Waals surface area contributed by atoms with E-state index in [-0.39, 0.29) is 0 Å². The number of benzene rings is 2. The van der Waals surface area contributed by atoms with Crippen LogP contribution < -0.4 is 15.0 Å². The van der Waals surface area contributed by atoms with E-state index in [1.807, 2.05) is 0 Å². The van der Waals surface area contributed by atoms with Crippen LogP contribution in [0.4, 0.5) is 0 Å². The molecule has 6 heteroatoms. The molecule has 24 heavy (non-hydrogen) atoms. The van der Waals surface area contributed by atoms with Crippen LogP contribution in [-0.2, 0) is 9.63 Å². The van der Waals surface area contributed by atoms with Crippen molar-refractivity contribution in [3.8, 4) is 11.5 Å². The zero-order chi connectivity index (χ0) is 17.4. The number of ether oxygens (including phenoxy) is 2. The van der Waals surface area contributed by atoms with Crippen molar-refractivity contribution in [1.29, 1.82) is 0 Å². The van der Waals surface area contributed by atoms with Gasteiger partial charge in [-0.25, -0.2) is 4.79 Å². The van der Waals surface area contributed by atoms with Gasteiger partial charge in [0.1, 0.15) is 11.5 Å². The predicted molar refractivity (Wildman–Crippen MR) is 88.6 cm³/mol. The second-order valence-corrected chi connectivity index (χ2v) is 4.66. The molecular weight excluding hydrogens is 310 g/mol. The summed E-state index contributed by atoms with van der Waals surface area (Å²) in [6.07, 6.45) is 2.78. The number of carbonyl (C=O) groups excluding carboxylic acids is 2. The predicted octanol–water partition coefficient (Wildman–Crippen LogP) is 2.61. The molecule has 0 bridgehead atoms. The number of amides is 1. The first kappa shape index (κ1) is 17.1. The Morgan fingerprint density at radius 1 is 1.00 bits per heavy atom. The normalized spacial score (nSPS) is 10.2. The van der Waals surface area contributed by atoms with E-state index < -0.39 is 11.9 Å². The Kier molecular flexibility index (Phi) is 5.96. The highest BCUT2D eigenvalue weighted by atomic mass is 16.7. The summed E-state index contributed by atoms with van der Waals surface area (Å²) in [4.78, 5) is 28.2. The molecule has 0 fully saturated rings. The minimum Gasteiger partial charge on any atom is -0.497 e. The molecule has 2 aromatic carbocycles. The van der Waals surface area contributed by atoms with E-state index in [1.165, 1.54) is 13.2 Å².